The first-order chi connectivity index (χ1) is 9.16. The molecule has 0 saturated heterocycles. The third-order valence-corrected chi connectivity index (χ3v) is 3.91. The number of oxazole rings is 1. The second-order valence-electron chi connectivity index (χ2n) is 5.91. The largest absolute Gasteiger partial charge is 0.432 e. The number of hydrogen-bond donors (Lipinski definition) is 1. The number of aromatic nitrogens is 1. The molecule has 4 nitrogen and oxygen atoms in total. The summed E-state index contributed by atoms with van der Waals surface area (Å²) in [6, 6.07) is 1.83. The molecule has 1 aliphatic carbocycles. The lowest BCUT2D eigenvalue weighted by molar-refractivity contribution is 0.481. The fourth-order valence-corrected chi connectivity index (χ4v) is 2.65. The Hall–Kier alpha value is -1.03. The number of hydrogen-bond acceptors (Lipinski definition) is 4. The first-order valence-electron chi connectivity index (χ1n) is 7.57. The molecule has 1 N–H and O–H groups in total. The lowest BCUT2D eigenvalue weighted by Gasteiger charge is -2.25. The van der Waals surface area contributed by atoms with E-state index < -0.39 is 0 Å². The minimum absolute atomic E-state index is 0.472. The van der Waals surface area contributed by atoms with Crippen LogP contribution in [-0.4, -0.2) is 24.1 Å². The third kappa shape index (κ3) is 4.23. The molecule has 2 rings (SSSR count). The van der Waals surface area contributed by atoms with E-state index in [9.17, 15) is 0 Å². The van der Waals surface area contributed by atoms with Crippen LogP contribution < -0.4 is 10.2 Å². The van der Waals surface area contributed by atoms with Crippen molar-refractivity contribution in [2.24, 2.45) is 0 Å². The van der Waals surface area contributed by atoms with Crippen molar-refractivity contribution in [3.63, 3.8) is 0 Å². The average Bonchev–Trinajstić information content (AvgIpc) is 2.69. The first kappa shape index (κ1) is 14.4. The van der Waals surface area contributed by atoms with Crippen LogP contribution in [0, 0.1) is 0 Å². The van der Waals surface area contributed by atoms with Crippen LogP contribution in [-0.2, 0) is 6.54 Å². The standard InChI is InChI=1S/C15H27N3O/c1-12(2)16-10-13-11-19-15(17-13)18(3)14-8-6-4-5-7-9-14/h11-12,14,16H,4-10H2,1-3H3. The van der Waals surface area contributed by atoms with Crippen LogP contribution in [0.15, 0.2) is 10.7 Å². The van der Waals surface area contributed by atoms with Gasteiger partial charge in [0.25, 0.3) is 6.01 Å². The Bertz CT molecular complexity index is 367. The highest BCUT2D eigenvalue weighted by molar-refractivity contribution is 5.27. The van der Waals surface area contributed by atoms with E-state index in [1.807, 2.05) is 0 Å². The van der Waals surface area contributed by atoms with E-state index >= 15 is 0 Å². The summed E-state index contributed by atoms with van der Waals surface area (Å²) in [5, 5.41) is 3.36. The molecule has 108 valence electrons. The van der Waals surface area contributed by atoms with Gasteiger partial charge in [-0.1, -0.05) is 39.5 Å². The van der Waals surface area contributed by atoms with Gasteiger partial charge in [-0.05, 0) is 12.8 Å². The Morgan fingerprint density at radius 2 is 2.00 bits per heavy atom. The van der Waals surface area contributed by atoms with Crippen LogP contribution in [0.4, 0.5) is 6.01 Å². The van der Waals surface area contributed by atoms with Crippen molar-refractivity contribution < 1.29 is 4.42 Å². The molecule has 1 heterocycles. The summed E-state index contributed by atoms with van der Waals surface area (Å²) in [5.41, 5.74) is 0.990. The molecule has 0 amide bonds. The van der Waals surface area contributed by atoms with Crippen molar-refractivity contribution in [3.8, 4) is 0 Å². The summed E-state index contributed by atoms with van der Waals surface area (Å²) >= 11 is 0. The molecule has 0 unspecified atom stereocenters. The summed E-state index contributed by atoms with van der Waals surface area (Å²) in [6.45, 7) is 5.05. The van der Waals surface area contributed by atoms with Crippen molar-refractivity contribution in [2.45, 2.75) is 71.0 Å². The number of nitrogens with zero attached hydrogens (tertiary/aromatic N) is 2. The molecule has 0 aromatic carbocycles. The second-order valence-corrected chi connectivity index (χ2v) is 5.91. The summed E-state index contributed by atoms with van der Waals surface area (Å²) in [4.78, 5) is 6.81. The molecule has 1 fully saturated rings. The van der Waals surface area contributed by atoms with Gasteiger partial charge < -0.3 is 14.6 Å². The lowest BCUT2D eigenvalue weighted by Crippen LogP contribution is -2.31. The Balaban J connectivity index is 1.92. The third-order valence-electron chi connectivity index (χ3n) is 3.91. The van der Waals surface area contributed by atoms with E-state index in [1.54, 1.807) is 6.26 Å². The molecule has 4 heteroatoms. The molecule has 0 radical (unpaired) electrons. The van der Waals surface area contributed by atoms with Crippen LogP contribution in [0.3, 0.4) is 0 Å². The Labute approximate surface area is 116 Å². The molecule has 1 aliphatic rings. The van der Waals surface area contributed by atoms with E-state index in [-0.39, 0.29) is 0 Å². The van der Waals surface area contributed by atoms with Gasteiger partial charge in [0.05, 0.1) is 5.69 Å². The van der Waals surface area contributed by atoms with Gasteiger partial charge in [-0.2, -0.15) is 4.98 Å². The van der Waals surface area contributed by atoms with Crippen molar-refractivity contribution >= 4 is 6.01 Å². The molecule has 0 atom stereocenters. The van der Waals surface area contributed by atoms with Crippen LogP contribution >= 0.6 is 0 Å². The molecule has 1 saturated carbocycles. The van der Waals surface area contributed by atoms with Gasteiger partial charge in [0.1, 0.15) is 6.26 Å². The predicted molar refractivity (Wildman–Crippen MR) is 78.4 cm³/mol. The van der Waals surface area contributed by atoms with Gasteiger partial charge in [0, 0.05) is 25.7 Å². The molecular weight excluding hydrogens is 238 g/mol. The lowest BCUT2D eigenvalue weighted by atomic mass is 10.1. The zero-order valence-corrected chi connectivity index (χ0v) is 12.5. The molecule has 19 heavy (non-hydrogen) atoms. The van der Waals surface area contributed by atoms with Gasteiger partial charge in [-0.25, -0.2) is 0 Å². The normalized spacial score (nSPS) is 17.7. The van der Waals surface area contributed by atoms with E-state index in [2.05, 4.69) is 36.1 Å². The number of nitrogens with one attached hydrogen (secondary N) is 1. The monoisotopic (exact) mass is 265 g/mol. The van der Waals surface area contributed by atoms with Gasteiger partial charge in [-0.3, -0.25) is 0 Å². The minimum atomic E-state index is 0.472. The Morgan fingerprint density at radius 3 is 2.63 bits per heavy atom. The van der Waals surface area contributed by atoms with Crippen molar-refractivity contribution in [1.82, 2.24) is 10.3 Å². The molecule has 0 bridgehead atoms. The van der Waals surface area contributed by atoms with Crippen molar-refractivity contribution in [2.75, 3.05) is 11.9 Å². The first-order valence-corrected chi connectivity index (χ1v) is 7.57. The van der Waals surface area contributed by atoms with Crippen LogP contribution in [0.5, 0.6) is 0 Å². The van der Waals surface area contributed by atoms with Gasteiger partial charge in [0.2, 0.25) is 0 Å². The maximum absolute atomic E-state index is 5.63. The number of rotatable bonds is 5. The minimum Gasteiger partial charge on any atom is -0.432 e. The van der Waals surface area contributed by atoms with E-state index in [0.717, 1.165) is 18.3 Å². The summed E-state index contributed by atoms with van der Waals surface area (Å²) < 4.78 is 5.63. The van der Waals surface area contributed by atoms with Crippen molar-refractivity contribution in [1.29, 1.82) is 0 Å². The molecule has 1 aromatic heterocycles. The zero-order chi connectivity index (χ0) is 13.7. The van der Waals surface area contributed by atoms with Gasteiger partial charge in [-0.15, -0.1) is 0 Å². The van der Waals surface area contributed by atoms with Crippen LogP contribution in [0.25, 0.3) is 0 Å². The quantitative estimate of drug-likeness (QED) is 0.829. The Morgan fingerprint density at radius 1 is 1.32 bits per heavy atom. The summed E-state index contributed by atoms with van der Waals surface area (Å²) in [5.74, 6) is 0. The fourth-order valence-electron chi connectivity index (χ4n) is 2.65. The maximum atomic E-state index is 5.63. The molecule has 0 spiro atoms. The van der Waals surface area contributed by atoms with Crippen LogP contribution in [0.2, 0.25) is 0 Å². The van der Waals surface area contributed by atoms with Crippen molar-refractivity contribution in [3.05, 3.63) is 12.0 Å². The molecular formula is C15H27N3O. The smallest absolute Gasteiger partial charge is 0.297 e. The van der Waals surface area contributed by atoms with E-state index in [4.69, 9.17) is 4.42 Å². The SMILES string of the molecule is CC(C)NCc1coc(N(C)C2CCCCCC2)n1. The fraction of sp³-hybridized carbons (Fsp3) is 0.800. The summed E-state index contributed by atoms with van der Waals surface area (Å²) in [6.07, 6.45) is 9.71. The molecule has 0 aliphatic heterocycles. The zero-order valence-electron chi connectivity index (χ0n) is 12.5. The topological polar surface area (TPSA) is 41.3 Å². The molecule has 1 aromatic rings. The van der Waals surface area contributed by atoms with Gasteiger partial charge in [0.15, 0.2) is 0 Å². The second kappa shape index (κ2) is 6.94. The van der Waals surface area contributed by atoms with Gasteiger partial charge >= 0.3 is 0 Å². The predicted octanol–water partition coefficient (Wildman–Crippen LogP) is 3.33. The Kier molecular flexibility index (Phi) is 5.25. The highest BCUT2D eigenvalue weighted by atomic mass is 16.4. The van der Waals surface area contributed by atoms with E-state index in [0.29, 0.717) is 12.1 Å². The van der Waals surface area contributed by atoms with Crippen LogP contribution in [0.1, 0.15) is 58.1 Å². The van der Waals surface area contributed by atoms with E-state index in [1.165, 1.54) is 38.5 Å². The summed E-state index contributed by atoms with van der Waals surface area (Å²) in [7, 11) is 2.11. The maximum Gasteiger partial charge on any atom is 0.297 e. The highest BCUT2D eigenvalue weighted by Gasteiger charge is 2.20. The average molecular weight is 265 g/mol. The highest BCUT2D eigenvalue weighted by Crippen LogP contribution is 2.24. The number of anilines is 1.